The largest absolute Gasteiger partial charge is 0.395 e. The first-order valence-corrected chi connectivity index (χ1v) is 10.3. The van der Waals surface area contributed by atoms with Crippen molar-refractivity contribution in [3.63, 3.8) is 0 Å². The Morgan fingerprint density at radius 2 is 2.00 bits per heavy atom. The summed E-state index contributed by atoms with van der Waals surface area (Å²) in [7, 11) is 0. The van der Waals surface area contributed by atoms with E-state index < -0.39 is 5.41 Å². The lowest BCUT2D eigenvalue weighted by molar-refractivity contribution is -0.146. The minimum atomic E-state index is -0.431. The fourth-order valence-corrected chi connectivity index (χ4v) is 4.96. The lowest BCUT2D eigenvalue weighted by Gasteiger charge is -2.39. The Balaban J connectivity index is 1.41. The van der Waals surface area contributed by atoms with Crippen LogP contribution in [0, 0.1) is 12.3 Å². The maximum absolute atomic E-state index is 12.9. The number of carbonyl (C=O) groups is 2. The average molecular weight is 383 g/mol. The van der Waals surface area contributed by atoms with Crippen molar-refractivity contribution in [3.05, 3.63) is 36.0 Å². The number of aryl methyl sites for hydroxylation is 2. The number of para-hydroxylation sites is 1. The molecule has 2 aromatic rings. The predicted molar refractivity (Wildman–Crippen MR) is 108 cm³/mol. The zero-order valence-corrected chi connectivity index (χ0v) is 16.6. The van der Waals surface area contributed by atoms with Gasteiger partial charge in [-0.25, -0.2) is 0 Å². The molecule has 1 spiro atoms. The number of hydrogen-bond donors (Lipinski definition) is 1. The molecule has 0 aliphatic carbocycles. The minimum absolute atomic E-state index is 0.00531. The molecule has 0 saturated carbocycles. The number of nitrogens with zero attached hydrogens (tertiary/aromatic N) is 3. The molecule has 2 amide bonds. The number of benzene rings is 1. The third kappa shape index (κ3) is 3.30. The van der Waals surface area contributed by atoms with Crippen molar-refractivity contribution in [1.82, 2.24) is 14.4 Å². The smallest absolute Gasteiger partial charge is 0.230 e. The molecule has 150 valence electrons. The number of hydrogen-bond acceptors (Lipinski definition) is 3. The molecule has 2 fully saturated rings. The molecule has 0 bridgehead atoms. The number of fused-ring (bicyclic) bond motifs is 1. The molecule has 1 N–H and O–H groups in total. The van der Waals surface area contributed by atoms with Gasteiger partial charge in [0.2, 0.25) is 11.8 Å². The number of aliphatic hydroxyl groups excluding tert-OH is 1. The standard InChI is InChI=1S/C22H29N3O3/c1-17-15-18-5-2-3-6-19(18)25(17)11-7-20(27)24-12-9-22(16-24)8-4-10-23(13-14-26)21(22)28/h2-3,5-6,15,26H,4,7-14,16H2,1H3. The Morgan fingerprint density at radius 1 is 1.18 bits per heavy atom. The van der Waals surface area contributed by atoms with Crippen LogP contribution in [-0.4, -0.2) is 64.1 Å². The van der Waals surface area contributed by atoms with Crippen LogP contribution in [0.2, 0.25) is 0 Å². The second-order valence-electron chi connectivity index (χ2n) is 8.21. The molecular formula is C22H29N3O3. The summed E-state index contributed by atoms with van der Waals surface area (Å²) < 4.78 is 2.20. The van der Waals surface area contributed by atoms with Gasteiger partial charge in [0.05, 0.1) is 12.0 Å². The third-order valence-corrected chi connectivity index (χ3v) is 6.47. The Hall–Kier alpha value is -2.34. The van der Waals surface area contributed by atoms with E-state index in [1.165, 1.54) is 5.39 Å². The van der Waals surface area contributed by atoms with Crippen molar-refractivity contribution < 1.29 is 14.7 Å². The van der Waals surface area contributed by atoms with Crippen molar-refractivity contribution in [2.45, 2.75) is 39.2 Å². The van der Waals surface area contributed by atoms with Crippen molar-refractivity contribution in [2.75, 3.05) is 32.8 Å². The summed E-state index contributed by atoms with van der Waals surface area (Å²) in [5.41, 5.74) is 1.89. The summed E-state index contributed by atoms with van der Waals surface area (Å²) in [5, 5.41) is 10.4. The second kappa shape index (κ2) is 7.59. The van der Waals surface area contributed by atoms with Crippen LogP contribution >= 0.6 is 0 Å². The van der Waals surface area contributed by atoms with E-state index in [1.807, 2.05) is 17.0 Å². The molecule has 4 rings (SSSR count). The molecule has 3 heterocycles. The molecule has 28 heavy (non-hydrogen) atoms. The first-order chi connectivity index (χ1) is 13.5. The first kappa shape index (κ1) is 19.0. The Labute approximate surface area is 165 Å². The van der Waals surface area contributed by atoms with Crippen molar-refractivity contribution >= 4 is 22.7 Å². The molecule has 6 heteroatoms. The average Bonchev–Trinajstić information content (AvgIpc) is 3.25. The lowest BCUT2D eigenvalue weighted by atomic mass is 9.78. The van der Waals surface area contributed by atoms with Gasteiger partial charge in [-0.2, -0.15) is 0 Å². The van der Waals surface area contributed by atoms with Crippen molar-refractivity contribution in [1.29, 1.82) is 0 Å². The van der Waals surface area contributed by atoms with E-state index >= 15 is 0 Å². The number of carbonyl (C=O) groups excluding carboxylic acids is 2. The van der Waals surface area contributed by atoms with E-state index in [1.54, 1.807) is 4.90 Å². The molecule has 1 aromatic carbocycles. The number of aliphatic hydroxyl groups is 1. The van der Waals surface area contributed by atoms with Gasteiger partial charge in [-0.3, -0.25) is 9.59 Å². The molecule has 0 radical (unpaired) electrons. The van der Waals surface area contributed by atoms with Gasteiger partial charge in [0.25, 0.3) is 0 Å². The van der Waals surface area contributed by atoms with Gasteiger partial charge in [0.1, 0.15) is 0 Å². The van der Waals surface area contributed by atoms with E-state index in [0.29, 0.717) is 32.6 Å². The second-order valence-corrected chi connectivity index (χ2v) is 8.21. The molecule has 1 atom stereocenters. The van der Waals surface area contributed by atoms with E-state index in [0.717, 1.165) is 37.0 Å². The van der Waals surface area contributed by atoms with Gasteiger partial charge in [0, 0.05) is 50.4 Å². The Kier molecular flexibility index (Phi) is 5.15. The SMILES string of the molecule is Cc1cc2ccccc2n1CCC(=O)N1CCC2(CCCN(CCO)C2=O)C1. The van der Waals surface area contributed by atoms with Crippen LogP contribution in [0.4, 0.5) is 0 Å². The molecule has 1 aromatic heterocycles. The first-order valence-electron chi connectivity index (χ1n) is 10.3. The lowest BCUT2D eigenvalue weighted by Crippen LogP contribution is -2.51. The number of β-amino-alcohol motifs (C(OH)–C–C–N with tert-alkyl or cyclic N) is 1. The summed E-state index contributed by atoms with van der Waals surface area (Å²) in [4.78, 5) is 29.4. The number of piperidine rings is 1. The topological polar surface area (TPSA) is 65.8 Å². The number of aromatic nitrogens is 1. The fourth-order valence-electron chi connectivity index (χ4n) is 4.96. The normalized spacial score (nSPS) is 22.6. The van der Waals surface area contributed by atoms with Crippen LogP contribution < -0.4 is 0 Å². The van der Waals surface area contributed by atoms with Gasteiger partial charge >= 0.3 is 0 Å². The molecule has 6 nitrogen and oxygen atoms in total. The Bertz CT molecular complexity index is 888. The van der Waals surface area contributed by atoms with Crippen LogP contribution in [0.25, 0.3) is 10.9 Å². The quantitative estimate of drug-likeness (QED) is 0.861. The van der Waals surface area contributed by atoms with Crippen LogP contribution in [0.3, 0.4) is 0 Å². The van der Waals surface area contributed by atoms with Crippen LogP contribution in [0.5, 0.6) is 0 Å². The zero-order chi connectivity index (χ0) is 19.7. The summed E-state index contributed by atoms with van der Waals surface area (Å²) >= 11 is 0. The highest BCUT2D eigenvalue weighted by atomic mass is 16.3. The van der Waals surface area contributed by atoms with Gasteiger partial charge in [-0.15, -0.1) is 0 Å². The molecule has 2 aliphatic heterocycles. The van der Waals surface area contributed by atoms with Gasteiger partial charge in [0.15, 0.2) is 0 Å². The van der Waals surface area contributed by atoms with Crippen LogP contribution in [-0.2, 0) is 16.1 Å². The highest BCUT2D eigenvalue weighted by Crippen LogP contribution is 2.40. The third-order valence-electron chi connectivity index (χ3n) is 6.47. The fraction of sp³-hybridized carbons (Fsp3) is 0.545. The Morgan fingerprint density at radius 3 is 2.82 bits per heavy atom. The minimum Gasteiger partial charge on any atom is -0.395 e. The summed E-state index contributed by atoms with van der Waals surface area (Å²) in [6.07, 6.45) is 2.98. The maximum atomic E-state index is 12.9. The van der Waals surface area contributed by atoms with Gasteiger partial charge in [-0.05, 0) is 43.7 Å². The number of rotatable bonds is 5. The zero-order valence-electron chi connectivity index (χ0n) is 16.6. The molecule has 1 unspecified atom stereocenters. The molecule has 2 aliphatic rings. The highest BCUT2D eigenvalue weighted by Gasteiger charge is 2.49. The van der Waals surface area contributed by atoms with E-state index in [-0.39, 0.29) is 18.4 Å². The predicted octanol–water partition coefficient (Wildman–Crippen LogP) is 2.17. The summed E-state index contributed by atoms with van der Waals surface area (Å²) in [5.74, 6) is 0.247. The van der Waals surface area contributed by atoms with Gasteiger partial charge < -0.3 is 19.5 Å². The van der Waals surface area contributed by atoms with E-state index in [9.17, 15) is 14.7 Å². The van der Waals surface area contributed by atoms with Crippen LogP contribution in [0.15, 0.2) is 30.3 Å². The molecule has 2 saturated heterocycles. The van der Waals surface area contributed by atoms with E-state index in [4.69, 9.17) is 0 Å². The monoisotopic (exact) mass is 383 g/mol. The highest BCUT2D eigenvalue weighted by molar-refractivity contribution is 5.86. The summed E-state index contributed by atoms with van der Waals surface area (Å²) in [6, 6.07) is 10.4. The van der Waals surface area contributed by atoms with Gasteiger partial charge in [-0.1, -0.05) is 18.2 Å². The summed E-state index contributed by atoms with van der Waals surface area (Å²) in [6.45, 7) is 5.03. The van der Waals surface area contributed by atoms with Crippen LogP contribution in [0.1, 0.15) is 31.4 Å². The number of amides is 2. The number of likely N-dealkylation sites (tertiary alicyclic amines) is 2. The maximum Gasteiger partial charge on any atom is 0.230 e. The van der Waals surface area contributed by atoms with E-state index in [2.05, 4.69) is 29.7 Å². The van der Waals surface area contributed by atoms with Crippen molar-refractivity contribution in [3.8, 4) is 0 Å². The molecular weight excluding hydrogens is 354 g/mol. The van der Waals surface area contributed by atoms with Crippen molar-refractivity contribution in [2.24, 2.45) is 5.41 Å².